The minimum atomic E-state index is -0.386. The number of rotatable bonds is 2. The van der Waals surface area contributed by atoms with Crippen molar-refractivity contribution < 1.29 is 4.79 Å². The highest BCUT2D eigenvalue weighted by Gasteiger charge is 2.01. The number of aromatic nitrogens is 1. The lowest BCUT2D eigenvalue weighted by Crippen LogP contribution is -2.20. The average Bonchev–Trinajstić information content (AvgIpc) is 2.22. The Labute approximate surface area is 98.6 Å². The summed E-state index contributed by atoms with van der Waals surface area (Å²) < 4.78 is 1.75. The van der Waals surface area contributed by atoms with Crippen LogP contribution in [0.4, 0.5) is 0 Å². The maximum atomic E-state index is 10.9. The SMILES string of the molecule is Cl.N=c1ccn(CC(N)=O)c2ccccc12. The van der Waals surface area contributed by atoms with Crippen LogP contribution >= 0.6 is 12.4 Å². The summed E-state index contributed by atoms with van der Waals surface area (Å²) in [6.07, 6.45) is 1.70. The molecule has 1 heterocycles. The number of pyridine rings is 1. The van der Waals surface area contributed by atoms with Gasteiger partial charge >= 0.3 is 0 Å². The van der Waals surface area contributed by atoms with Gasteiger partial charge in [-0.15, -0.1) is 12.4 Å². The van der Waals surface area contributed by atoms with E-state index < -0.39 is 0 Å². The van der Waals surface area contributed by atoms with Crippen molar-refractivity contribution in [3.8, 4) is 0 Å². The lowest BCUT2D eigenvalue weighted by atomic mass is 10.2. The predicted octanol–water partition coefficient (Wildman–Crippen LogP) is 1.03. The van der Waals surface area contributed by atoms with Crippen LogP contribution in [-0.4, -0.2) is 10.5 Å². The molecule has 16 heavy (non-hydrogen) atoms. The van der Waals surface area contributed by atoms with E-state index in [0.717, 1.165) is 10.9 Å². The summed E-state index contributed by atoms with van der Waals surface area (Å²) in [5, 5.41) is 8.98. The smallest absolute Gasteiger partial charge is 0.237 e. The second kappa shape index (κ2) is 4.81. The number of nitrogens with zero attached hydrogens (tertiary/aromatic N) is 1. The zero-order chi connectivity index (χ0) is 10.8. The predicted molar refractivity (Wildman–Crippen MR) is 64.2 cm³/mol. The summed E-state index contributed by atoms with van der Waals surface area (Å²) in [4.78, 5) is 10.9. The number of fused-ring (bicyclic) bond motifs is 1. The topological polar surface area (TPSA) is 71.9 Å². The van der Waals surface area contributed by atoms with Gasteiger partial charge in [-0.2, -0.15) is 0 Å². The second-order valence-corrected chi connectivity index (χ2v) is 3.34. The van der Waals surface area contributed by atoms with E-state index in [2.05, 4.69) is 0 Å². The van der Waals surface area contributed by atoms with Crippen molar-refractivity contribution in [3.63, 3.8) is 0 Å². The number of carbonyl (C=O) groups is 1. The van der Waals surface area contributed by atoms with Crippen LogP contribution in [0.2, 0.25) is 0 Å². The van der Waals surface area contributed by atoms with Gasteiger partial charge in [0.15, 0.2) is 0 Å². The first-order chi connectivity index (χ1) is 7.18. The van der Waals surface area contributed by atoms with Crippen LogP contribution in [0.1, 0.15) is 0 Å². The first kappa shape index (κ1) is 12.3. The highest BCUT2D eigenvalue weighted by atomic mass is 35.5. The van der Waals surface area contributed by atoms with E-state index >= 15 is 0 Å². The van der Waals surface area contributed by atoms with E-state index in [0.29, 0.717) is 5.36 Å². The van der Waals surface area contributed by atoms with Crippen LogP contribution in [0.3, 0.4) is 0 Å². The minimum Gasteiger partial charge on any atom is -0.368 e. The van der Waals surface area contributed by atoms with Gasteiger partial charge in [-0.3, -0.25) is 4.79 Å². The molecule has 0 spiro atoms. The normalized spacial score (nSPS) is 9.75. The number of hydrogen-bond donors (Lipinski definition) is 2. The van der Waals surface area contributed by atoms with Crippen LogP contribution in [-0.2, 0) is 11.3 Å². The van der Waals surface area contributed by atoms with Gasteiger partial charge in [0.05, 0.1) is 10.9 Å². The molecular formula is C11H12ClN3O. The van der Waals surface area contributed by atoms with Crippen molar-refractivity contribution in [1.82, 2.24) is 4.57 Å². The molecule has 1 aromatic heterocycles. The Balaban J connectivity index is 0.00000128. The number of hydrogen-bond acceptors (Lipinski definition) is 2. The number of halogens is 1. The molecule has 5 heteroatoms. The third-order valence-corrected chi connectivity index (χ3v) is 2.25. The monoisotopic (exact) mass is 237 g/mol. The largest absolute Gasteiger partial charge is 0.368 e. The van der Waals surface area contributed by atoms with Gasteiger partial charge in [0.25, 0.3) is 0 Å². The molecule has 84 valence electrons. The Kier molecular flexibility index (Phi) is 3.68. The maximum absolute atomic E-state index is 10.9. The molecule has 1 aromatic carbocycles. The van der Waals surface area contributed by atoms with Crippen LogP contribution in [0.15, 0.2) is 36.5 Å². The van der Waals surface area contributed by atoms with Crippen LogP contribution < -0.4 is 11.1 Å². The summed E-state index contributed by atoms with van der Waals surface area (Å²) in [6.45, 7) is 0.140. The summed E-state index contributed by atoms with van der Waals surface area (Å²) >= 11 is 0. The van der Waals surface area contributed by atoms with Crippen LogP contribution in [0.25, 0.3) is 10.9 Å². The van der Waals surface area contributed by atoms with Gasteiger partial charge in [0.2, 0.25) is 5.91 Å². The lowest BCUT2D eigenvalue weighted by Gasteiger charge is -2.08. The standard InChI is InChI=1S/C11H11N3O.ClH/c12-9-5-6-14(7-11(13)15)10-4-2-1-3-8(9)10;/h1-6,12H,7H2,(H2,13,15);1H. The van der Waals surface area contributed by atoms with Crippen molar-refractivity contribution >= 4 is 29.2 Å². The molecule has 4 nitrogen and oxygen atoms in total. The number of carbonyl (C=O) groups excluding carboxylic acids is 1. The Bertz CT molecular complexity index is 577. The van der Waals surface area contributed by atoms with Gasteiger partial charge in [-0.25, -0.2) is 0 Å². The maximum Gasteiger partial charge on any atom is 0.237 e. The molecule has 2 rings (SSSR count). The fraction of sp³-hybridized carbons (Fsp3) is 0.0909. The molecular weight excluding hydrogens is 226 g/mol. The minimum absolute atomic E-state index is 0. The molecule has 0 saturated heterocycles. The molecule has 0 bridgehead atoms. The number of primary amides is 1. The lowest BCUT2D eigenvalue weighted by molar-refractivity contribution is -0.118. The molecule has 0 aliphatic rings. The van der Waals surface area contributed by atoms with Gasteiger partial charge < -0.3 is 15.7 Å². The fourth-order valence-corrected chi connectivity index (χ4v) is 1.59. The third kappa shape index (κ3) is 2.23. The molecule has 0 unspecified atom stereocenters. The van der Waals surface area contributed by atoms with Gasteiger partial charge in [-0.05, 0) is 12.1 Å². The van der Waals surface area contributed by atoms with Gasteiger partial charge in [0.1, 0.15) is 6.54 Å². The Morgan fingerprint density at radius 1 is 1.31 bits per heavy atom. The molecule has 0 aliphatic heterocycles. The summed E-state index contributed by atoms with van der Waals surface area (Å²) in [5.41, 5.74) is 6.00. The number of benzene rings is 1. The molecule has 3 N–H and O–H groups in total. The zero-order valence-corrected chi connectivity index (χ0v) is 9.33. The molecule has 0 aliphatic carbocycles. The number of nitrogens with two attached hydrogens (primary N) is 1. The number of para-hydroxylation sites is 1. The van der Waals surface area contributed by atoms with E-state index in [1.54, 1.807) is 16.8 Å². The quantitative estimate of drug-likeness (QED) is 0.805. The molecule has 0 saturated carbocycles. The van der Waals surface area contributed by atoms with Crippen molar-refractivity contribution in [3.05, 3.63) is 41.9 Å². The highest BCUT2D eigenvalue weighted by molar-refractivity contribution is 5.85. The number of amides is 1. The van der Waals surface area contributed by atoms with Crippen molar-refractivity contribution in [1.29, 1.82) is 5.41 Å². The average molecular weight is 238 g/mol. The molecule has 0 fully saturated rings. The zero-order valence-electron chi connectivity index (χ0n) is 8.51. The second-order valence-electron chi connectivity index (χ2n) is 3.34. The van der Waals surface area contributed by atoms with Gasteiger partial charge in [-0.1, -0.05) is 18.2 Å². The van der Waals surface area contributed by atoms with Crippen molar-refractivity contribution in [2.75, 3.05) is 0 Å². The van der Waals surface area contributed by atoms with E-state index in [9.17, 15) is 4.79 Å². The summed E-state index contributed by atoms with van der Waals surface area (Å²) in [6, 6.07) is 9.13. The van der Waals surface area contributed by atoms with Crippen LogP contribution in [0.5, 0.6) is 0 Å². The molecule has 1 amide bonds. The molecule has 0 radical (unpaired) electrons. The van der Waals surface area contributed by atoms with Crippen LogP contribution in [0, 0.1) is 5.41 Å². The fourth-order valence-electron chi connectivity index (χ4n) is 1.59. The highest BCUT2D eigenvalue weighted by Crippen LogP contribution is 2.08. The molecule has 2 aromatic rings. The summed E-state index contributed by atoms with van der Waals surface area (Å²) in [7, 11) is 0. The third-order valence-electron chi connectivity index (χ3n) is 2.25. The molecule has 0 atom stereocenters. The summed E-state index contributed by atoms with van der Waals surface area (Å²) in [5.74, 6) is -0.386. The van der Waals surface area contributed by atoms with Gasteiger partial charge in [0, 0.05) is 11.6 Å². The van der Waals surface area contributed by atoms with Crippen molar-refractivity contribution in [2.24, 2.45) is 5.73 Å². The Hall–Kier alpha value is -1.81. The van der Waals surface area contributed by atoms with E-state index in [-0.39, 0.29) is 24.9 Å². The van der Waals surface area contributed by atoms with E-state index in [4.69, 9.17) is 11.1 Å². The first-order valence-electron chi connectivity index (χ1n) is 4.59. The first-order valence-corrected chi connectivity index (χ1v) is 4.59. The van der Waals surface area contributed by atoms with E-state index in [1.807, 2.05) is 24.3 Å². The Morgan fingerprint density at radius 2 is 2.00 bits per heavy atom. The van der Waals surface area contributed by atoms with E-state index in [1.165, 1.54) is 0 Å². The number of nitrogens with one attached hydrogen (secondary N) is 1. The Morgan fingerprint density at radius 3 is 2.69 bits per heavy atom. The van der Waals surface area contributed by atoms with Crippen molar-refractivity contribution in [2.45, 2.75) is 6.54 Å².